The second kappa shape index (κ2) is 5.96. The molecule has 0 aromatic carbocycles. The molecule has 1 amide bonds. The molecule has 18 heavy (non-hydrogen) atoms. The van der Waals surface area contributed by atoms with Crippen molar-refractivity contribution in [1.29, 1.82) is 0 Å². The summed E-state index contributed by atoms with van der Waals surface area (Å²) in [6, 6.07) is 5.67. The highest BCUT2D eigenvalue weighted by Gasteiger charge is 2.29. The number of nitrogens with two attached hydrogens (primary N) is 1. The lowest BCUT2D eigenvalue weighted by Crippen LogP contribution is -2.44. The zero-order valence-corrected chi connectivity index (χ0v) is 10.8. The van der Waals surface area contributed by atoms with Gasteiger partial charge in [0.05, 0.1) is 17.7 Å². The van der Waals surface area contributed by atoms with Crippen molar-refractivity contribution in [2.75, 3.05) is 0 Å². The molecule has 1 aliphatic rings. The minimum Gasteiger partial charge on any atom is -0.348 e. The maximum Gasteiger partial charge on any atom is 0.225 e. The van der Waals surface area contributed by atoms with E-state index < -0.39 is 0 Å². The molecule has 1 aliphatic carbocycles. The summed E-state index contributed by atoms with van der Waals surface area (Å²) < 4.78 is 0. The number of pyridine rings is 1. The van der Waals surface area contributed by atoms with Gasteiger partial charge in [-0.05, 0) is 31.9 Å². The maximum atomic E-state index is 12.2. The Morgan fingerprint density at radius 1 is 1.44 bits per heavy atom. The van der Waals surface area contributed by atoms with Crippen molar-refractivity contribution < 1.29 is 4.79 Å². The Morgan fingerprint density at radius 3 is 2.89 bits per heavy atom. The van der Waals surface area contributed by atoms with E-state index in [0.717, 1.165) is 31.4 Å². The first-order valence-electron chi connectivity index (χ1n) is 6.65. The molecule has 0 bridgehead atoms. The van der Waals surface area contributed by atoms with Crippen LogP contribution in [-0.2, 0) is 4.79 Å². The fraction of sp³-hybridized carbons (Fsp3) is 0.571. The molecule has 1 heterocycles. The van der Waals surface area contributed by atoms with Crippen LogP contribution in [-0.4, -0.2) is 16.9 Å². The first-order chi connectivity index (χ1) is 8.68. The lowest BCUT2D eigenvalue weighted by molar-refractivity contribution is -0.127. The van der Waals surface area contributed by atoms with Crippen molar-refractivity contribution in [1.82, 2.24) is 10.3 Å². The maximum absolute atomic E-state index is 12.2. The number of rotatable bonds is 3. The largest absolute Gasteiger partial charge is 0.348 e. The number of amides is 1. The molecule has 0 saturated heterocycles. The van der Waals surface area contributed by atoms with Crippen LogP contribution in [0, 0.1) is 5.92 Å². The lowest BCUT2D eigenvalue weighted by atomic mass is 9.84. The molecular formula is C14H21N3O. The average Bonchev–Trinajstić information content (AvgIpc) is 2.40. The quantitative estimate of drug-likeness (QED) is 0.855. The molecule has 1 aromatic heterocycles. The highest BCUT2D eigenvalue weighted by Crippen LogP contribution is 2.23. The summed E-state index contributed by atoms with van der Waals surface area (Å²) in [6.45, 7) is 1.95. The Kier molecular flexibility index (Phi) is 4.31. The predicted molar refractivity (Wildman–Crippen MR) is 70.7 cm³/mol. The van der Waals surface area contributed by atoms with Gasteiger partial charge in [0, 0.05) is 12.2 Å². The van der Waals surface area contributed by atoms with Crippen LogP contribution < -0.4 is 11.1 Å². The second-order valence-electron chi connectivity index (χ2n) is 5.04. The Balaban J connectivity index is 1.94. The molecule has 1 saturated carbocycles. The van der Waals surface area contributed by atoms with Gasteiger partial charge in [-0.2, -0.15) is 0 Å². The van der Waals surface area contributed by atoms with Gasteiger partial charge in [0.25, 0.3) is 0 Å². The number of aromatic nitrogens is 1. The zero-order chi connectivity index (χ0) is 13.0. The van der Waals surface area contributed by atoms with Crippen molar-refractivity contribution >= 4 is 5.91 Å². The van der Waals surface area contributed by atoms with E-state index in [1.54, 1.807) is 6.20 Å². The van der Waals surface area contributed by atoms with E-state index in [1.807, 2.05) is 25.1 Å². The third-order valence-corrected chi connectivity index (χ3v) is 3.65. The van der Waals surface area contributed by atoms with Gasteiger partial charge >= 0.3 is 0 Å². The van der Waals surface area contributed by atoms with Crippen LogP contribution >= 0.6 is 0 Å². The summed E-state index contributed by atoms with van der Waals surface area (Å²) in [5, 5.41) is 3.01. The first kappa shape index (κ1) is 13.0. The fourth-order valence-electron chi connectivity index (χ4n) is 2.51. The number of carbonyl (C=O) groups is 1. The van der Waals surface area contributed by atoms with E-state index in [0.29, 0.717) is 0 Å². The van der Waals surface area contributed by atoms with Gasteiger partial charge in [-0.1, -0.05) is 18.9 Å². The molecule has 3 atom stereocenters. The van der Waals surface area contributed by atoms with E-state index in [1.165, 1.54) is 0 Å². The Morgan fingerprint density at radius 2 is 2.22 bits per heavy atom. The third-order valence-electron chi connectivity index (χ3n) is 3.65. The molecule has 1 fully saturated rings. The monoisotopic (exact) mass is 247 g/mol. The summed E-state index contributed by atoms with van der Waals surface area (Å²) >= 11 is 0. The fourth-order valence-corrected chi connectivity index (χ4v) is 2.51. The second-order valence-corrected chi connectivity index (χ2v) is 5.04. The molecule has 1 aromatic rings. The molecule has 2 rings (SSSR count). The van der Waals surface area contributed by atoms with E-state index in [2.05, 4.69) is 10.3 Å². The van der Waals surface area contributed by atoms with Gasteiger partial charge in [-0.25, -0.2) is 0 Å². The summed E-state index contributed by atoms with van der Waals surface area (Å²) in [7, 11) is 0. The van der Waals surface area contributed by atoms with Gasteiger partial charge in [-0.3, -0.25) is 9.78 Å². The highest BCUT2D eigenvalue weighted by molar-refractivity contribution is 5.79. The molecule has 3 N–H and O–H groups in total. The molecule has 2 unspecified atom stereocenters. The molecule has 0 aliphatic heterocycles. The SMILES string of the molecule is C[C@H](NC(=O)C1CCCCC1N)c1ccccn1. The molecule has 4 nitrogen and oxygen atoms in total. The Labute approximate surface area is 108 Å². The summed E-state index contributed by atoms with van der Waals surface area (Å²) in [6.07, 6.45) is 5.84. The average molecular weight is 247 g/mol. The molecule has 0 spiro atoms. The minimum atomic E-state index is -0.0622. The minimum absolute atomic E-state index is 0.00897. The molecule has 0 radical (unpaired) electrons. The van der Waals surface area contributed by atoms with Gasteiger partial charge in [0.15, 0.2) is 0 Å². The van der Waals surface area contributed by atoms with Gasteiger partial charge < -0.3 is 11.1 Å². The smallest absolute Gasteiger partial charge is 0.225 e. The number of hydrogen-bond donors (Lipinski definition) is 2. The highest BCUT2D eigenvalue weighted by atomic mass is 16.2. The van der Waals surface area contributed by atoms with Crippen LogP contribution in [0.25, 0.3) is 0 Å². The molecule has 98 valence electrons. The van der Waals surface area contributed by atoms with Crippen LogP contribution in [0.2, 0.25) is 0 Å². The topological polar surface area (TPSA) is 68.0 Å². The van der Waals surface area contributed by atoms with E-state index in [4.69, 9.17) is 5.73 Å². The van der Waals surface area contributed by atoms with Crippen molar-refractivity contribution in [2.45, 2.75) is 44.7 Å². The molecule has 4 heteroatoms. The van der Waals surface area contributed by atoms with E-state index >= 15 is 0 Å². The van der Waals surface area contributed by atoms with Crippen molar-refractivity contribution in [3.8, 4) is 0 Å². The zero-order valence-electron chi connectivity index (χ0n) is 10.8. The lowest BCUT2D eigenvalue weighted by Gasteiger charge is -2.28. The Hall–Kier alpha value is -1.42. The van der Waals surface area contributed by atoms with E-state index in [-0.39, 0.29) is 23.9 Å². The Bertz CT molecular complexity index is 393. The van der Waals surface area contributed by atoms with Crippen molar-refractivity contribution in [3.05, 3.63) is 30.1 Å². The summed E-state index contributed by atoms with van der Waals surface area (Å²) in [4.78, 5) is 16.4. The van der Waals surface area contributed by atoms with Gasteiger partial charge in [0.1, 0.15) is 0 Å². The van der Waals surface area contributed by atoms with Crippen molar-refractivity contribution in [3.63, 3.8) is 0 Å². The predicted octanol–water partition coefficient (Wildman–Crippen LogP) is 1.78. The number of carbonyl (C=O) groups excluding carboxylic acids is 1. The van der Waals surface area contributed by atoms with Gasteiger partial charge in [-0.15, -0.1) is 0 Å². The van der Waals surface area contributed by atoms with E-state index in [9.17, 15) is 4.79 Å². The molecular weight excluding hydrogens is 226 g/mol. The summed E-state index contributed by atoms with van der Waals surface area (Å²) in [5.74, 6) is 0.0327. The normalized spacial score (nSPS) is 25.4. The first-order valence-corrected chi connectivity index (χ1v) is 6.65. The van der Waals surface area contributed by atoms with Crippen LogP contribution in [0.15, 0.2) is 24.4 Å². The van der Waals surface area contributed by atoms with Gasteiger partial charge in [0.2, 0.25) is 5.91 Å². The van der Waals surface area contributed by atoms with Crippen LogP contribution in [0.5, 0.6) is 0 Å². The standard InChI is InChI=1S/C14H21N3O/c1-10(13-8-4-5-9-16-13)17-14(18)11-6-2-3-7-12(11)15/h4-5,8-12H,2-3,6-7,15H2,1H3,(H,17,18)/t10-,11?,12?/m0/s1. The van der Waals surface area contributed by atoms with Crippen LogP contribution in [0.3, 0.4) is 0 Å². The third kappa shape index (κ3) is 3.07. The number of nitrogens with one attached hydrogen (secondary N) is 1. The summed E-state index contributed by atoms with van der Waals surface area (Å²) in [5.41, 5.74) is 6.90. The number of nitrogens with zero attached hydrogens (tertiary/aromatic N) is 1. The van der Waals surface area contributed by atoms with Crippen LogP contribution in [0.1, 0.15) is 44.3 Å². The van der Waals surface area contributed by atoms with Crippen molar-refractivity contribution in [2.24, 2.45) is 11.7 Å². The van der Waals surface area contributed by atoms with Crippen LogP contribution in [0.4, 0.5) is 0 Å². The number of hydrogen-bond acceptors (Lipinski definition) is 3.